The van der Waals surface area contributed by atoms with E-state index < -0.39 is 22.2 Å². The zero-order valence-corrected chi connectivity index (χ0v) is 12.5. The van der Waals surface area contributed by atoms with Crippen molar-refractivity contribution in [1.82, 2.24) is 0 Å². The normalized spacial score (nSPS) is 9.96. The number of esters is 1. The smallest absolute Gasteiger partial charge is 0.379 e. The molecule has 2 rings (SSSR count). The molecule has 1 aromatic heterocycles. The third kappa shape index (κ3) is 3.58. The zero-order chi connectivity index (χ0) is 17.0. The first-order valence-corrected chi connectivity index (χ1v) is 7.15. The summed E-state index contributed by atoms with van der Waals surface area (Å²) in [4.78, 5) is 23.1. The van der Waals surface area contributed by atoms with Gasteiger partial charge in [0.1, 0.15) is 10.1 Å². The minimum Gasteiger partial charge on any atom is -0.492 e. The van der Waals surface area contributed by atoms with E-state index in [2.05, 4.69) is 0 Å². The van der Waals surface area contributed by atoms with E-state index in [9.17, 15) is 18.0 Å². The highest BCUT2D eigenvalue weighted by molar-refractivity contribution is 7.63. The number of hydrogen-bond acceptors (Lipinski definition) is 7. The van der Waals surface area contributed by atoms with Crippen LogP contribution in [0, 0.1) is 4.51 Å². The first kappa shape index (κ1) is 16.3. The van der Waals surface area contributed by atoms with Gasteiger partial charge in [-0.15, -0.1) is 0 Å². The summed E-state index contributed by atoms with van der Waals surface area (Å²) in [5, 5.41) is 9.06. The molecule has 2 aromatic rings. The van der Waals surface area contributed by atoms with Gasteiger partial charge in [0, 0.05) is 6.07 Å². The molecule has 23 heavy (non-hydrogen) atoms. The monoisotopic (exact) mass is 338 g/mol. The summed E-state index contributed by atoms with van der Waals surface area (Å²) in [6, 6.07) is 6.13. The fourth-order valence-corrected chi connectivity index (χ4v) is 2.09. The maximum Gasteiger partial charge on any atom is 0.379 e. The Bertz CT molecular complexity index is 931. The average Bonchev–Trinajstić information content (AvgIpc) is 2.54. The highest BCUT2D eigenvalue weighted by Gasteiger charge is 2.19. The predicted octanol–water partition coefficient (Wildman–Crippen LogP) is 1.62. The van der Waals surface area contributed by atoms with Gasteiger partial charge in [-0.3, -0.25) is 0 Å². The van der Waals surface area contributed by atoms with Crippen LogP contribution < -0.4 is 9.47 Å². The molecule has 0 aliphatic rings. The Morgan fingerprint density at radius 2 is 1.96 bits per heavy atom. The lowest BCUT2D eigenvalue weighted by Gasteiger charge is -2.10. The average molecular weight is 338 g/mol. The van der Waals surface area contributed by atoms with E-state index in [0.717, 1.165) is 18.4 Å². The van der Waals surface area contributed by atoms with Crippen molar-refractivity contribution < 1.29 is 37.0 Å². The van der Waals surface area contributed by atoms with Crippen LogP contribution in [0.3, 0.4) is 0 Å². The molecule has 0 unspecified atom stereocenters. The lowest BCUT2D eigenvalue weighted by atomic mass is 10.2. The first-order chi connectivity index (χ1) is 10.9. The minimum absolute atomic E-state index is 0.138. The molecule has 0 amide bonds. The van der Waals surface area contributed by atoms with Gasteiger partial charge in [-0.05, 0) is 18.2 Å². The van der Waals surface area contributed by atoms with Crippen LogP contribution >= 0.6 is 0 Å². The van der Waals surface area contributed by atoms with Crippen LogP contribution in [-0.4, -0.2) is 32.6 Å². The second-order valence-corrected chi connectivity index (χ2v) is 5.04. The van der Waals surface area contributed by atoms with Crippen molar-refractivity contribution in [2.24, 2.45) is 0 Å². The molecule has 0 aliphatic heterocycles. The largest absolute Gasteiger partial charge is 0.492 e. The van der Waals surface area contributed by atoms with E-state index >= 15 is 0 Å². The van der Waals surface area contributed by atoms with E-state index in [1.807, 2.05) is 0 Å². The lowest BCUT2D eigenvalue weighted by Crippen LogP contribution is -2.10. The van der Waals surface area contributed by atoms with Gasteiger partial charge >= 0.3 is 11.9 Å². The number of carboxylic acids is 1. The second kappa shape index (κ2) is 6.79. The van der Waals surface area contributed by atoms with Crippen LogP contribution in [-0.2, 0) is 10.3 Å². The molecule has 1 aromatic carbocycles. The van der Waals surface area contributed by atoms with Gasteiger partial charge in [0.05, 0.1) is 13.4 Å². The van der Waals surface area contributed by atoms with Gasteiger partial charge in [-0.2, -0.15) is 8.42 Å². The second-order valence-electron chi connectivity index (χ2n) is 4.10. The highest BCUT2D eigenvalue weighted by Crippen LogP contribution is 2.31. The summed E-state index contributed by atoms with van der Waals surface area (Å²) < 4.78 is 36.5. The van der Waals surface area contributed by atoms with Crippen molar-refractivity contribution in [2.75, 3.05) is 7.11 Å². The molecular weight excluding hydrogens is 328 g/mol. The molecule has 0 bridgehead atoms. The molecule has 0 spiro atoms. The summed E-state index contributed by atoms with van der Waals surface area (Å²) in [6.45, 7) is 0. The van der Waals surface area contributed by atoms with Gasteiger partial charge < -0.3 is 19.0 Å². The van der Waals surface area contributed by atoms with E-state index in [-0.39, 0.29) is 27.3 Å². The van der Waals surface area contributed by atoms with Crippen LogP contribution in [0.4, 0.5) is 0 Å². The number of aromatic carboxylic acids is 1. The number of carbonyl (C=O) groups excluding carboxylic acids is 1. The van der Waals surface area contributed by atoms with Gasteiger partial charge in [-0.1, -0.05) is 6.07 Å². The van der Waals surface area contributed by atoms with Crippen LogP contribution in [0.5, 0.6) is 11.5 Å². The zero-order valence-electron chi connectivity index (χ0n) is 11.7. The Balaban J connectivity index is 2.42. The van der Waals surface area contributed by atoms with Gasteiger partial charge in [0.25, 0.3) is 0 Å². The molecule has 0 saturated heterocycles. The highest BCUT2D eigenvalue weighted by atomic mass is 32.2. The third-order valence-corrected chi connectivity index (χ3v) is 3.35. The quantitative estimate of drug-likeness (QED) is 0.507. The third-order valence-electron chi connectivity index (χ3n) is 2.71. The van der Waals surface area contributed by atoms with Crippen molar-refractivity contribution in [1.29, 1.82) is 0 Å². The summed E-state index contributed by atoms with van der Waals surface area (Å²) in [5.41, 5.74) is -0.191. The standard InChI is InChI=1S/C14H10O8S/c1-20-12-9(13(15)16)3-2-4-10(12)22-14(17)11-7-8(23(18)19)5-6-21-11/h2-7H,1H3,(H,15,16). The molecule has 1 heterocycles. The molecular formula is C14H10O8S. The molecule has 0 atom stereocenters. The van der Waals surface area contributed by atoms with Crippen molar-refractivity contribution in [3.8, 4) is 11.5 Å². The van der Waals surface area contributed by atoms with Gasteiger partial charge in [0.15, 0.2) is 11.5 Å². The Kier molecular flexibility index (Phi) is 4.82. The molecule has 0 saturated carbocycles. The van der Waals surface area contributed by atoms with Crippen molar-refractivity contribution in [2.45, 2.75) is 0 Å². The summed E-state index contributed by atoms with van der Waals surface area (Å²) in [6.07, 6.45) is 1.02. The minimum atomic E-state index is -2.54. The van der Waals surface area contributed by atoms with Crippen molar-refractivity contribution >= 4 is 22.2 Å². The predicted molar refractivity (Wildman–Crippen MR) is 75.8 cm³/mol. The molecule has 0 aliphatic carbocycles. The SMILES string of the molecule is COc1c(OC(=O)c2cc(=S(=O)=O)cco2)cccc1C(=O)O. The van der Waals surface area contributed by atoms with Crippen LogP contribution in [0.25, 0.3) is 0 Å². The fourth-order valence-electron chi connectivity index (χ4n) is 1.72. The number of carboxylic acid groups (broad SMARTS) is 1. The number of para-hydroxylation sites is 1. The molecule has 9 heteroatoms. The Morgan fingerprint density at radius 3 is 2.57 bits per heavy atom. The van der Waals surface area contributed by atoms with Crippen LogP contribution in [0.15, 0.2) is 41.0 Å². The number of hydrogen-bond donors (Lipinski definition) is 1. The Labute approximate surface area is 131 Å². The van der Waals surface area contributed by atoms with Crippen molar-refractivity contribution in [3.63, 3.8) is 0 Å². The number of carbonyl (C=O) groups is 2. The molecule has 0 radical (unpaired) electrons. The molecule has 0 fully saturated rings. The Morgan fingerprint density at radius 1 is 1.22 bits per heavy atom. The van der Waals surface area contributed by atoms with Crippen LogP contribution in [0.1, 0.15) is 20.9 Å². The number of ether oxygens (including phenoxy) is 2. The maximum absolute atomic E-state index is 12.0. The van der Waals surface area contributed by atoms with Crippen molar-refractivity contribution in [3.05, 3.63) is 52.4 Å². The lowest BCUT2D eigenvalue weighted by molar-refractivity contribution is 0.0668. The van der Waals surface area contributed by atoms with E-state index in [0.29, 0.717) is 0 Å². The van der Waals surface area contributed by atoms with Crippen LogP contribution in [0.2, 0.25) is 0 Å². The van der Waals surface area contributed by atoms with Gasteiger partial charge in [0.2, 0.25) is 16.1 Å². The van der Waals surface area contributed by atoms with E-state index in [1.54, 1.807) is 0 Å². The summed E-state index contributed by atoms with van der Waals surface area (Å²) >= 11 is 0. The van der Waals surface area contributed by atoms with Gasteiger partial charge in [-0.25, -0.2) is 9.59 Å². The molecule has 120 valence electrons. The first-order valence-electron chi connectivity index (χ1n) is 6.07. The number of rotatable bonds is 4. The Hall–Kier alpha value is -3.07. The molecule has 8 nitrogen and oxygen atoms in total. The number of benzene rings is 1. The fraction of sp³-hybridized carbons (Fsp3) is 0.0714. The maximum atomic E-state index is 12.0. The summed E-state index contributed by atoms with van der Waals surface area (Å²) in [7, 11) is -1.31. The summed E-state index contributed by atoms with van der Waals surface area (Å²) in [5.74, 6) is -2.90. The molecule has 1 N–H and O–H groups in total. The topological polar surface area (TPSA) is 120 Å². The van der Waals surface area contributed by atoms with E-state index in [1.165, 1.54) is 25.3 Å². The number of methoxy groups -OCH3 is 1. The van der Waals surface area contributed by atoms with E-state index in [4.69, 9.17) is 19.0 Å².